The molecule has 1 atom stereocenters. The highest BCUT2D eigenvalue weighted by molar-refractivity contribution is 5.82. The van der Waals surface area contributed by atoms with Crippen molar-refractivity contribution >= 4 is 16.9 Å². The van der Waals surface area contributed by atoms with E-state index in [9.17, 15) is 18.0 Å². The van der Waals surface area contributed by atoms with Gasteiger partial charge in [-0.1, -0.05) is 12.1 Å². The Labute approximate surface area is 125 Å². The van der Waals surface area contributed by atoms with Gasteiger partial charge in [0.25, 0.3) is 0 Å². The Hall–Kier alpha value is -2.15. The molecule has 0 amide bonds. The first-order valence-corrected chi connectivity index (χ1v) is 6.63. The van der Waals surface area contributed by atoms with Crippen molar-refractivity contribution in [2.24, 2.45) is 0 Å². The summed E-state index contributed by atoms with van der Waals surface area (Å²) in [5.74, 6) is -1.52. The van der Waals surface area contributed by atoms with E-state index < -0.39 is 24.6 Å². The molecular weight excluding hydrogens is 297 g/mol. The Kier molecular flexibility index (Phi) is 4.65. The molecule has 0 aliphatic heterocycles. The summed E-state index contributed by atoms with van der Waals surface area (Å²) >= 11 is 0. The molecule has 0 fully saturated rings. The zero-order chi connectivity index (χ0) is 16.3. The van der Waals surface area contributed by atoms with E-state index in [1.54, 1.807) is 24.4 Å². The number of aromatic nitrogens is 1. The van der Waals surface area contributed by atoms with Gasteiger partial charge in [-0.05, 0) is 30.2 Å². The van der Waals surface area contributed by atoms with Gasteiger partial charge in [-0.2, -0.15) is 13.2 Å². The second-order valence-corrected chi connectivity index (χ2v) is 5.08. The van der Waals surface area contributed by atoms with Crippen molar-refractivity contribution < 1.29 is 23.1 Å². The molecule has 22 heavy (non-hydrogen) atoms. The van der Waals surface area contributed by atoms with Crippen LogP contribution in [-0.2, 0) is 11.3 Å². The number of hydrogen-bond donors (Lipinski definition) is 2. The van der Waals surface area contributed by atoms with E-state index in [4.69, 9.17) is 5.11 Å². The van der Waals surface area contributed by atoms with Gasteiger partial charge in [-0.15, -0.1) is 0 Å². The van der Waals surface area contributed by atoms with Crippen molar-refractivity contribution in [1.82, 2.24) is 10.3 Å². The van der Waals surface area contributed by atoms with Crippen LogP contribution in [0.25, 0.3) is 10.9 Å². The molecule has 2 N–H and O–H groups in total. The van der Waals surface area contributed by atoms with Gasteiger partial charge in [0.1, 0.15) is 6.04 Å². The molecule has 1 aromatic heterocycles. The molecule has 7 heteroatoms. The summed E-state index contributed by atoms with van der Waals surface area (Å²) in [7, 11) is 0. The Balaban J connectivity index is 2.14. The lowest BCUT2D eigenvalue weighted by molar-refractivity contribution is -0.158. The average molecular weight is 312 g/mol. The summed E-state index contributed by atoms with van der Waals surface area (Å²) in [6, 6.07) is 5.53. The van der Waals surface area contributed by atoms with Crippen LogP contribution in [-0.4, -0.2) is 28.3 Å². The van der Waals surface area contributed by atoms with Crippen LogP contribution in [0, 0.1) is 6.92 Å². The minimum Gasteiger partial charge on any atom is -0.480 e. The van der Waals surface area contributed by atoms with E-state index in [0.29, 0.717) is 5.56 Å². The van der Waals surface area contributed by atoms with Crippen LogP contribution in [0.1, 0.15) is 17.5 Å². The van der Waals surface area contributed by atoms with Crippen LogP contribution in [0.15, 0.2) is 30.5 Å². The number of nitrogens with one attached hydrogen (secondary N) is 1. The fourth-order valence-electron chi connectivity index (χ4n) is 2.27. The van der Waals surface area contributed by atoms with Crippen LogP contribution in [0.4, 0.5) is 13.2 Å². The van der Waals surface area contributed by atoms with Gasteiger partial charge in [0, 0.05) is 18.1 Å². The molecular formula is C15H15F3N2O2. The molecule has 4 nitrogen and oxygen atoms in total. The van der Waals surface area contributed by atoms with Crippen LogP contribution in [0.5, 0.6) is 0 Å². The molecule has 0 saturated heterocycles. The number of benzene rings is 1. The second-order valence-electron chi connectivity index (χ2n) is 5.08. The fraction of sp³-hybridized carbons (Fsp3) is 0.333. The van der Waals surface area contributed by atoms with Crippen molar-refractivity contribution in [3.05, 3.63) is 41.6 Å². The van der Waals surface area contributed by atoms with Crippen molar-refractivity contribution in [3.63, 3.8) is 0 Å². The lowest BCUT2D eigenvalue weighted by Crippen LogP contribution is -2.39. The van der Waals surface area contributed by atoms with E-state index in [1.165, 1.54) is 0 Å². The first kappa shape index (κ1) is 16.2. The SMILES string of the molecule is Cc1cc(CNC(CC(F)(F)F)C(=O)O)cc2cccnc12. The monoisotopic (exact) mass is 312 g/mol. The van der Waals surface area contributed by atoms with Gasteiger partial charge in [0.2, 0.25) is 0 Å². The maximum absolute atomic E-state index is 12.4. The van der Waals surface area contributed by atoms with Gasteiger partial charge < -0.3 is 10.4 Å². The Morgan fingerprint density at radius 1 is 1.41 bits per heavy atom. The van der Waals surface area contributed by atoms with Crippen LogP contribution < -0.4 is 5.32 Å². The first-order valence-electron chi connectivity index (χ1n) is 6.63. The van der Waals surface area contributed by atoms with Crippen molar-refractivity contribution in [1.29, 1.82) is 0 Å². The molecule has 118 valence electrons. The number of carboxylic acids is 1. The number of pyridine rings is 1. The number of halogens is 3. The standard InChI is InChI=1S/C15H15F3N2O2/c1-9-5-10(6-11-3-2-4-19-13(9)11)8-20-12(14(21)22)7-15(16,17)18/h2-6,12,20H,7-8H2,1H3,(H,21,22). The minimum absolute atomic E-state index is 0.0404. The highest BCUT2D eigenvalue weighted by Gasteiger charge is 2.35. The van der Waals surface area contributed by atoms with Crippen LogP contribution >= 0.6 is 0 Å². The van der Waals surface area contributed by atoms with Crippen LogP contribution in [0.3, 0.4) is 0 Å². The summed E-state index contributed by atoms with van der Waals surface area (Å²) in [4.78, 5) is 15.1. The highest BCUT2D eigenvalue weighted by atomic mass is 19.4. The first-order chi connectivity index (χ1) is 10.3. The third kappa shape index (κ3) is 4.17. The van der Waals surface area contributed by atoms with E-state index in [1.807, 2.05) is 13.0 Å². The second kappa shape index (κ2) is 6.31. The number of carbonyl (C=O) groups is 1. The maximum Gasteiger partial charge on any atom is 0.391 e. The highest BCUT2D eigenvalue weighted by Crippen LogP contribution is 2.22. The van der Waals surface area contributed by atoms with Crippen molar-refractivity contribution in [3.8, 4) is 0 Å². The van der Waals surface area contributed by atoms with Crippen molar-refractivity contribution in [2.75, 3.05) is 0 Å². The van der Waals surface area contributed by atoms with Gasteiger partial charge in [0.05, 0.1) is 11.9 Å². The van der Waals surface area contributed by atoms with E-state index >= 15 is 0 Å². The minimum atomic E-state index is -4.53. The molecule has 1 aromatic carbocycles. The summed E-state index contributed by atoms with van der Waals surface area (Å²) < 4.78 is 37.1. The number of carboxylic acid groups (broad SMARTS) is 1. The third-order valence-electron chi connectivity index (χ3n) is 3.24. The molecule has 0 radical (unpaired) electrons. The van der Waals surface area contributed by atoms with Gasteiger partial charge in [0.15, 0.2) is 0 Å². The topological polar surface area (TPSA) is 62.2 Å². The molecule has 0 saturated carbocycles. The summed E-state index contributed by atoms with van der Waals surface area (Å²) in [6.45, 7) is 1.89. The number of nitrogens with zero attached hydrogens (tertiary/aromatic N) is 1. The fourth-order valence-corrected chi connectivity index (χ4v) is 2.27. The summed E-state index contributed by atoms with van der Waals surface area (Å²) in [5, 5.41) is 12.2. The third-order valence-corrected chi connectivity index (χ3v) is 3.24. The normalized spacial score (nSPS) is 13.3. The number of alkyl halides is 3. The van der Waals surface area contributed by atoms with Gasteiger partial charge in [-0.25, -0.2) is 0 Å². The molecule has 0 spiro atoms. The van der Waals surface area contributed by atoms with Gasteiger partial charge >= 0.3 is 12.1 Å². The average Bonchev–Trinajstić information content (AvgIpc) is 2.42. The predicted molar refractivity (Wildman–Crippen MR) is 75.4 cm³/mol. The molecule has 0 bridgehead atoms. The smallest absolute Gasteiger partial charge is 0.391 e. The van der Waals surface area contributed by atoms with E-state index in [2.05, 4.69) is 10.3 Å². The van der Waals surface area contributed by atoms with Crippen LogP contribution in [0.2, 0.25) is 0 Å². The molecule has 1 unspecified atom stereocenters. The quantitative estimate of drug-likeness (QED) is 0.891. The number of hydrogen-bond acceptors (Lipinski definition) is 3. The largest absolute Gasteiger partial charge is 0.480 e. The van der Waals surface area contributed by atoms with E-state index in [0.717, 1.165) is 16.5 Å². The zero-order valence-electron chi connectivity index (χ0n) is 11.8. The van der Waals surface area contributed by atoms with Gasteiger partial charge in [-0.3, -0.25) is 9.78 Å². The Morgan fingerprint density at radius 3 is 2.77 bits per heavy atom. The number of fused-ring (bicyclic) bond motifs is 1. The maximum atomic E-state index is 12.4. The number of aliphatic carboxylic acids is 1. The Bertz CT molecular complexity index is 686. The molecule has 0 aliphatic carbocycles. The lowest BCUT2D eigenvalue weighted by Gasteiger charge is -2.16. The number of aryl methyl sites for hydroxylation is 1. The molecule has 1 heterocycles. The summed E-state index contributed by atoms with van der Waals surface area (Å²) in [5.41, 5.74) is 2.42. The summed E-state index contributed by atoms with van der Waals surface area (Å²) in [6.07, 6.45) is -4.27. The van der Waals surface area contributed by atoms with Crippen molar-refractivity contribution in [2.45, 2.75) is 32.1 Å². The Morgan fingerprint density at radius 2 is 2.14 bits per heavy atom. The van der Waals surface area contributed by atoms with E-state index in [-0.39, 0.29) is 6.54 Å². The lowest BCUT2D eigenvalue weighted by atomic mass is 10.1. The predicted octanol–water partition coefficient (Wildman–Crippen LogP) is 3.04. The zero-order valence-corrected chi connectivity index (χ0v) is 11.8. The molecule has 2 rings (SSSR count). The molecule has 2 aromatic rings. The molecule has 0 aliphatic rings. The number of rotatable bonds is 5.